The molecule has 0 bridgehead atoms. The number of ether oxygens (including phenoxy) is 1. The van der Waals surface area contributed by atoms with Gasteiger partial charge >= 0.3 is 0 Å². The Morgan fingerprint density at radius 2 is 1.86 bits per heavy atom. The number of hydrogen-bond acceptors (Lipinski definition) is 2. The Hall–Kier alpha value is -1.77. The van der Waals surface area contributed by atoms with Gasteiger partial charge in [-0.2, -0.15) is 5.10 Å². The minimum absolute atomic E-state index is 0.799. The second-order valence-electron chi connectivity index (χ2n) is 5.84. The molecule has 1 N–H and O–H groups in total. The van der Waals surface area contributed by atoms with Gasteiger partial charge in [-0.15, -0.1) is 0 Å². The molecule has 0 unspecified atom stereocenters. The smallest absolute Gasteiger partial charge is 0.122 e. The molecule has 0 saturated heterocycles. The zero-order chi connectivity index (χ0) is 15.2. The van der Waals surface area contributed by atoms with Gasteiger partial charge in [0.1, 0.15) is 5.75 Å². The maximum Gasteiger partial charge on any atom is 0.122 e. The van der Waals surface area contributed by atoms with Gasteiger partial charge in [-0.1, -0.05) is 17.7 Å². The Morgan fingerprint density at radius 1 is 1.05 bits per heavy atom. The summed E-state index contributed by atoms with van der Waals surface area (Å²) in [6, 6.07) is 6.34. The average Bonchev–Trinajstić information content (AvgIpc) is 2.76. The standard InChI is InChI=1S/C18H26N2O/c1-13-9-10-18(14(2)12-13)21-11-7-5-6-8-17-15(3)19-20-16(17)4/h9-10,12H,5-8,11H2,1-4H3,(H,19,20). The summed E-state index contributed by atoms with van der Waals surface area (Å²) in [5.74, 6) is 1.02. The number of nitrogens with one attached hydrogen (secondary N) is 1. The summed E-state index contributed by atoms with van der Waals surface area (Å²) in [7, 11) is 0. The summed E-state index contributed by atoms with van der Waals surface area (Å²) >= 11 is 0. The van der Waals surface area contributed by atoms with E-state index >= 15 is 0 Å². The van der Waals surface area contributed by atoms with Crippen LogP contribution < -0.4 is 4.74 Å². The average molecular weight is 286 g/mol. The minimum atomic E-state index is 0.799. The van der Waals surface area contributed by atoms with Crippen LogP contribution in [0.15, 0.2) is 18.2 Å². The highest BCUT2D eigenvalue weighted by Gasteiger charge is 2.05. The third kappa shape index (κ3) is 4.35. The normalized spacial score (nSPS) is 10.9. The van der Waals surface area contributed by atoms with Gasteiger partial charge in [0.15, 0.2) is 0 Å². The Kier molecular flexibility index (Phi) is 5.43. The van der Waals surface area contributed by atoms with E-state index in [0.29, 0.717) is 0 Å². The lowest BCUT2D eigenvalue weighted by Gasteiger charge is -2.09. The van der Waals surface area contributed by atoms with Crippen LogP contribution in [0.25, 0.3) is 0 Å². The predicted octanol–water partition coefficient (Wildman–Crippen LogP) is 4.44. The highest BCUT2D eigenvalue weighted by molar-refractivity contribution is 5.35. The first-order chi connectivity index (χ1) is 10.1. The topological polar surface area (TPSA) is 37.9 Å². The molecule has 3 nitrogen and oxygen atoms in total. The predicted molar refractivity (Wildman–Crippen MR) is 87.0 cm³/mol. The van der Waals surface area contributed by atoms with Gasteiger partial charge in [-0.05, 0) is 70.6 Å². The third-order valence-electron chi connectivity index (χ3n) is 3.94. The summed E-state index contributed by atoms with van der Waals surface area (Å²) in [6.07, 6.45) is 4.59. The van der Waals surface area contributed by atoms with Gasteiger partial charge in [0, 0.05) is 5.69 Å². The van der Waals surface area contributed by atoms with Crippen LogP contribution in [0.4, 0.5) is 0 Å². The Bertz CT molecular complexity index is 567. The molecular formula is C18H26N2O. The number of aromatic nitrogens is 2. The first kappa shape index (κ1) is 15.6. The van der Waals surface area contributed by atoms with Gasteiger partial charge in [0.2, 0.25) is 0 Å². The van der Waals surface area contributed by atoms with Crippen molar-refractivity contribution in [2.45, 2.75) is 53.4 Å². The molecule has 114 valence electrons. The van der Waals surface area contributed by atoms with Crippen molar-refractivity contribution in [1.82, 2.24) is 10.2 Å². The lowest BCUT2D eigenvalue weighted by atomic mass is 10.1. The summed E-state index contributed by atoms with van der Waals surface area (Å²) in [5.41, 5.74) is 6.23. The van der Waals surface area contributed by atoms with Crippen LogP contribution in [0.3, 0.4) is 0 Å². The van der Waals surface area contributed by atoms with Crippen molar-refractivity contribution in [3.8, 4) is 5.75 Å². The third-order valence-corrected chi connectivity index (χ3v) is 3.94. The Morgan fingerprint density at radius 3 is 2.52 bits per heavy atom. The molecule has 0 amide bonds. The number of nitrogens with zero attached hydrogens (tertiary/aromatic N) is 1. The first-order valence-electron chi connectivity index (χ1n) is 7.78. The van der Waals surface area contributed by atoms with Crippen molar-refractivity contribution in [1.29, 1.82) is 0 Å². The van der Waals surface area contributed by atoms with Gasteiger partial charge in [-0.25, -0.2) is 0 Å². The molecule has 0 saturated carbocycles. The number of rotatable bonds is 7. The van der Waals surface area contributed by atoms with Crippen molar-refractivity contribution >= 4 is 0 Å². The van der Waals surface area contributed by atoms with Crippen LogP contribution in [0, 0.1) is 27.7 Å². The molecule has 21 heavy (non-hydrogen) atoms. The highest BCUT2D eigenvalue weighted by atomic mass is 16.5. The number of H-pyrrole nitrogens is 1. The molecule has 2 rings (SSSR count). The van der Waals surface area contributed by atoms with Crippen LogP contribution in [-0.2, 0) is 6.42 Å². The van der Waals surface area contributed by atoms with E-state index in [0.717, 1.165) is 30.9 Å². The largest absolute Gasteiger partial charge is 0.493 e. The maximum atomic E-state index is 5.86. The molecule has 0 aliphatic rings. The molecule has 2 aromatic rings. The molecule has 0 fully saturated rings. The number of benzene rings is 1. The quantitative estimate of drug-likeness (QED) is 0.764. The number of aryl methyl sites for hydroxylation is 4. The van der Waals surface area contributed by atoms with Crippen molar-refractivity contribution in [3.63, 3.8) is 0 Å². The lowest BCUT2D eigenvalue weighted by Crippen LogP contribution is -1.99. The van der Waals surface area contributed by atoms with Crippen molar-refractivity contribution in [3.05, 3.63) is 46.3 Å². The van der Waals surface area contributed by atoms with E-state index in [1.165, 1.54) is 35.2 Å². The van der Waals surface area contributed by atoms with E-state index in [4.69, 9.17) is 4.74 Å². The monoisotopic (exact) mass is 286 g/mol. The van der Waals surface area contributed by atoms with Crippen LogP contribution >= 0.6 is 0 Å². The molecule has 1 heterocycles. The maximum absolute atomic E-state index is 5.86. The van der Waals surface area contributed by atoms with E-state index in [2.05, 4.69) is 56.1 Å². The summed E-state index contributed by atoms with van der Waals surface area (Å²) < 4.78 is 5.86. The van der Waals surface area contributed by atoms with Crippen LogP contribution in [0.1, 0.15) is 47.3 Å². The minimum Gasteiger partial charge on any atom is -0.493 e. The summed E-state index contributed by atoms with van der Waals surface area (Å²) in [4.78, 5) is 0. The molecular weight excluding hydrogens is 260 g/mol. The van der Waals surface area contributed by atoms with Crippen molar-refractivity contribution in [2.75, 3.05) is 6.61 Å². The van der Waals surface area contributed by atoms with E-state index in [9.17, 15) is 0 Å². The van der Waals surface area contributed by atoms with E-state index in [1.54, 1.807) is 0 Å². The van der Waals surface area contributed by atoms with E-state index < -0.39 is 0 Å². The molecule has 0 aliphatic carbocycles. The van der Waals surface area contributed by atoms with Crippen molar-refractivity contribution in [2.24, 2.45) is 0 Å². The molecule has 0 atom stereocenters. The Labute approximate surface area is 127 Å². The number of unbranched alkanes of at least 4 members (excludes halogenated alkanes) is 2. The molecule has 1 aromatic carbocycles. The van der Waals surface area contributed by atoms with E-state index in [-0.39, 0.29) is 0 Å². The van der Waals surface area contributed by atoms with Crippen LogP contribution in [-0.4, -0.2) is 16.8 Å². The molecule has 0 spiro atoms. The highest BCUT2D eigenvalue weighted by Crippen LogP contribution is 2.19. The molecule has 1 aromatic heterocycles. The van der Waals surface area contributed by atoms with Crippen LogP contribution in [0.5, 0.6) is 5.75 Å². The fourth-order valence-electron chi connectivity index (χ4n) is 2.67. The fraction of sp³-hybridized carbons (Fsp3) is 0.500. The second-order valence-corrected chi connectivity index (χ2v) is 5.84. The lowest BCUT2D eigenvalue weighted by molar-refractivity contribution is 0.303. The van der Waals surface area contributed by atoms with Crippen LogP contribution in [0.2, 0.25) is 0 Å². The Balaban J connectivity index is 1.66. The zero-order valence-corrected chi connectivity index (χ0v) is 13.6. The second kappa shape index (κ2) is 7.30. The van der Waals surface area contributed by atoms with Crippen molar-refractivity contribution < 1.29 is 4.74 Å². The fourth-order valence-corrected chi connectivity index (χ4v) is 2.67. The van der Waals surface area contributed by atoms with Gasteiger partial charge in [0.25, 0.3) is 0 Å². The SMILES string of the molecule is Cc1ccc(OCCCCCc2c(C)n[nH]c2C)c(C)c1. The summed E-state index contributed by atoms with van der Waals surface area (Å²) in [6.45, 7) is 9.18. The molecule has 0 aliphatic heterocycles. The first-order valence-corrected chi connectivity index (χ1v) is 7.78. The van der Waals surface area contributed by atoms with E-state index in [1.807, 2.05) is 0 Å². The number of hydrogen-bond donors (Lipinski definition) is 1. The van der Waals surface area contributed by atoms with Gasteiger partial charge in [-0.3, -0.25) is 5.10 Å². The zero-order valence-electron chi connectivity index (χ0n) is 13.6. The van der Waals surface area contributed by atoms with Gasteiger partial charge in [0.05, 0.1) is 12.3 Å². The molecule has 0 radical (unpaired) electrons. The molecule has 3 heteroatoms. The number of aromatic amines is 1. The van der Waals surface area contributed by atoms with Gasteiger partial charge < -0.3 is 4.74 Å². The summed E-state index contributed by atoms with van der Waals surface area (Å²) in [5, 5.41) is 7.28.